The van der Waals surface area contributed by atoms with Crippen molar-refractivity contribution >= 4 is 12.2 Å². The number of nitrogens with one attached hydrogen (secondary N) is 1. The highest BCUT2D eigenvalue weighted by molar-refractivity contribution is 7.71. The van der Waals surface area contributed by atoms with Crippen LogP contribution in [0.2, 0.25) is 0 Å². The fourth-order valence-corrected chi connectivity index (χ4v) is 3.51. The van der Waals surface area contributed by atoms with Gasteiger partial charge in [0.1, 0.15) is 6.54 Å². The maximum absolute atomic E-state index is 5.74. The molecule has 1 atom stereocenters. The summed E-state index contributed by atoms with van der Waals surface area (Å²) in [4.78, 5) is 1.35. The molecule has 136 valence electrons. The standard InChI is InChI=1S/C21H26N4S/c1-4-13-24-20(19-12-8-9-17(2)14-19)22-25(21(24)26)16-23(3)15-18-10-6-5-7-11-18/h5-12,14H,4,13,15-16H2,1-3H3/p+1. The van der Waals surface area contributed by atoms with E-state index >= 15 is 0 Å². The Hall–Kier alpha value is -2.24. The summed E-state index contributed by atoms with van der Waals surface area (Å²) >= 11 is 5.74. The maximum Gasteiger partial charge on any atom is 0.203 e. The van der Waals surface area contributed by atoms with Crippen molar-refractivity contribution in [3.63, 3.8) is 0 Å². The smallest absolute Gasteiger partial charge is 0.203 e. The second-order valence-electron chi connectivity index (χ2n) is 6.90. The highest BCUT2D eigenvalue weighted by atomic mass is 32.1. The number of benzene rings is 2. The average molecular weight is 368 g/mol. The van der Waals surface area contributed by atoms with E-state index in [4.69, 9.17) is 17.3 Å². The van der Waals surface area contributed by atoms with Gasteiger partial charge in [0.05, 0.1) is 7.05 Å². The molecule has 5 heteroatoms. The SMILES string of the molecule is CCCn1c(-c2cccc(C)c2)nn(C[NH+](C)Cc2ccccc2)c1=S. The average Bonchev–Trinajstić information content (AvgIpc) is 2.92. The molecule has 0 aliphatic rings. The van der Waals surface area contributed by atoms with Gasteiger partial charge in [0, 0.05) is 17.7 Å². The lowest BCUT2D eigenvalue weighted by molar-refractivity contribution is -0.917. The van der Waals surface area contributed by atoms with Gasteiger partial charge in [0.25, 0.3) is 0 Å². The van der Waals surface area contributed by atoms with E-state index in [0.29, 0.717) is 0 Å². The molecular weight excluding hydrogens is 340 g/mol. The second-order valence-corrected chi connectivity index (χ2v) is 7.27. The van der Waals surface area contributed by atoms with Crippen molar-refractivity contribution in [2.24, 2.45) is 0 Å². The fourth-order valence-electron chi connectivity index (χ4n) is 3.22. The molecule has 0 fully saturated rings. The van der Waals surface area contributed by atoms with E-state index in [0.717, 1.165) is 42.3 Å². The van der Waals surface area contributed by atoms with Gasteiger partial charge >= 0.3 is 0 Å². The molecule has 1 unspecified atom stereocenters. The molecule has 0 bridgehead atoms. The molecule has 0 aliphatic heterocycles. The molecule has 26 heavy (non-hydrogen) atoms. The third-order valence-corrected chi connectivity index (χ3v) is 4.85. The lowest BCUT2D eigenvalue weighted by Gasteiger charge is -2.13. The Kier molecular flexibility index (Phi) is 6.01. The van der Waals surface area contributed by atoms with E-state index in [1.54, 1.807) is 0 Å². The minimum absolute atomic E-state index is 0.753. The molecule has 0 radical (unpaired) electrons. The molecule has 0 saturated heterocycles. The minimum Gasteiger partial charge on any atom is -0.315 e. The predicted octanol–water partition coefficient (Wildman–Crippen LogP) is 3.47. The Morgan fingerprint density at radius 3 is 2.54 bits per heavy atom. The normalized spacial score (nSPS) is 12.3. The summed E-state index contributed by atoms with van der Waals surface area (Å²) in [6.45, 7) is 6.87. The first-order chi connectivity index (χ1) is 12.6. The third-order valence-electron chi connectivity index (χ3n) is 4.41. The van der Waals surface area contributed by atoms with Crippen molar-refractivity contribution in [1.29, 1.82) is 0 Å². The van der Waals surface area contributed by atoms with Crippen molar-refractivity contribution < 1.29 is 4.90 Å². The summed E-state index contributed by atoms with van der Waals surface area (Å²) in [5.41, 5.74) is 3.69. The summed E-state index contributed by atoms with van der Waals surface area (Å²) in [6.07, 6.45) is 1.03. The second kappa shape index (κ2) is 8.43. The van der Waals surface area contributed by atoms with Gasteiger partial charge in [0.15, 0.2) is 12.5 Å². The molecule has 4 nitrogen and oxygen atoms in total. The molecule has 1 heterocycles. The van der Waals surface area contributed by atoms with Gasteiger partial charge in [-0.1, -0.05) is 61.0 Å². The Morgan fingerprint density at radius 2 is 1.85 bits per heavy atom. The van der Waals surface area contributed by atoms with Crippen molar-refractivity contribution in [3.05, 3.63) is 70.5 Å². The maximum atomic E-state index is 5.74. The number of aryl methyl sites for hydroxylation is 1. The van der Waals surface area contributed by atoms with Gasteiger partial charge < -0.3 is 4.90 Å². The molecule has 1 N–H and O–H groups in total. The van der Waals surface area contributed by atoms with E-state index in [9.17, 15) is 0 Å². The fraction of sp³-hybridized carbons (Fsp3) is 0.333. The van der Waals surface area contributed by atoms with E-state index in [1.807, 2.05) is 4.68 Å². The lowest BCUT2D eigenvalue weighted by atomic mass is 10.1. The molecule has 0 spiro atoms. The zero-order chi connectivity index (χ0) is 18.5. The predicted molar refractivity (Wildman–Crippen MR) is 109 cm³/mol. The monoisotopic (exact) mass is 367 g/mol. The first-order valence-electron chi connectivity index (χ1n) is 9.18. The third kappa shape index (κ3) is 4.29. The first kappa shape index (κ1) is 18.5. The summed E-state index contributed by atoms with van der Waals surface area (Å²) in [7, 11) is 2.18. The van der Waals surface area contributed by atoms with Crippen LogP contribution in [-0.4, -0.2) is 21.4 Å². The van der Waals surface area contributed by atoms with Crippen molar-refractivity contribution in [1.82, 2.24) is 14.3 Å². The zero-order valence-corrected chi connectivity index (χ0v) is 16.6. The van der Waals surface area contributed by atoms with Crippen LogP contribution in [0.5, 0.6) is 0 Å². The van der Waals surface area contributed by atoms with Crippen LogP contribution < -0.4 is 4.90 Å². The largest absolute Gasteiger partial charge is 0.315 e. The number of nitrogens with zero attached hydrogens (tertiary/aromatic N) is 3. The van der Waals surface area contributed by atoms with Crippen molar-refractivity contribution in [3.8, 4) is 11.4 Å². The lowest BCUT2D eigenvalue weighted by Crippen LogP contribution is -3.07. The molecule has 0 aliphatic carbocycles. The Bertz CT molecular complexity index is 911. The van der Waals surface area contributed by atoms with Crippen LogP contribution in [-0.2, 0) is 19.8 Å². The van der Waals surface area contributed by atoms with Crippen LogP contribution in [0, 0.1) is 11.7 Å². The van der Waals surface area contributed by atoms with E-state index < -0.39 is 0 Å². The van der Waals surface area contributed by atoms with Gasteiger partial charge in [-0.3, -0.25) is 4.57 Å². The Balaban J connectivity index is 1.88. The minimum atomic E-state index is 0.753. The van der Waals surface area contributed by atoms with Gasteiger partial charge in [-0.2, -0.15) is 4.68 Å². The summed E-state index contributed by atoms with van der Waals surface area (Å²) in [5, 5.41) is 4.88. The number of rotatable bonds is 7. The van der Waals surface area contributed by atoms with Gasteiger partial charge in [-0.05, 0) is 31.6 Å². The van der Waals surface area contributed by atoms with Crippen LogP contribution in [0.3, 0.4) is 0 Å². The summed E-state index contributed by atoms with van der Waals surface area (Å²) < 4.78 is 4.94. The van der Waals surface area contributed by atoms with E-state index in [-0.39, 0.29) is 0 Å². The van der Waals surface area contributed by atoms with E-state index in [1.165, 1.54) is 16.0 Å². The first-order valence-corrected chi connectivity index (χ1v) is 9.59. The van der Waals surface area contributed by atoms with Gasteiger partial charge in [-0.25, -0.2) is 0 Å². The quantitative estimate of drug-likeness (QED) is 0.648. The Labute approximate surface area is 160 Å². The van der Waals surface area contributed by atoms with E-state index in [2.05, 4.69) is 80.1 Å². The number of hydrogen-bond acceptors (Lipinski definition) is 2. The highest BCUT2D eigenvalue weighted by Gasteiger charge is 2.15. The van der Waals surface area contributed by atoms with Crippen LogP contribution in [0.25, 0.3) is 11.4 Å². The summed E-state index contributed by atoms with van der Waals surface area (Å²) in [6, 6.07) is 19.0. The highest BCUT2D eigenvalue weighted by Crippen LogP contribution is 2.19. The van der Waals surface area contributed by atoms with Crippen LogP contribution in [0.1, 0.15) is 24.5 Å². The molecule has 3 aromatic rings. The van der Waals surface area contributed by atoms with Crippen LogP contribution in [0.4, 0.5) is 0 Å². The number of aromatic nitrogens is 3. The van der Waals surface area contributed by atoms with Crippen LogP contribution >= 0.6 is 12.2 Å². The molecule has 0 saturated carbocycles. The molecule has 1 aromatic heterocycles. The number of hydrogen-bond donors (Lipinski definition) is 1. The molecule has 2 aromatic carbocycles. The molecule has 0 amide bonds. The molecular formula is C21H27N4S+. The van der Waals surface area contributed by atoms with Gasteiger partial charge in [-0.15, -0.1) is 5.10 Å². The van der Waals surface area contributed by atoms with Crippen LogP contribution in [0.15, 0.2) is 54.6 Å². The summed E-state index contributed by atoms with van der Waals surface area (Å²) in [5.74, 6) is 0.966. The zero-order valence-electron chi connectivity index (χ0n) is 15.8. The van der Waals surface area contributed by atoms with Gasteiger partial charge in [0.2, 0.25) is 4.77 Å². The number of quaternary nitrogens is 1. The van der Waals surface area contributed by atoms with Crippen molar-refractivity contribution in [2.45, 2.75) is 40.0 Å². The van der Waals surface area contributed by atoms with Crippen molar-refractivity contribution in [2.75, 3.05) is 7.05 Å². The topological polar surface area (TPSA) is 27.2 Å². The molecule has 3 rings (SSSR count). The Morgan fingerprint density at radius 1 is 1.08 bits per heavy atom.